The molecule has 0 spiro atoms. The number of rotatable bonds is 5. The summed E-state index contributed by atoms with van der Waals surface area (Å²) in [7, 11) is 1.73. The summed E-state index contributed by atoms with van der Waals surface area (Å²) < 4.78 is 9.25. The fourth-order valence-electron chi connectivity index (χ4n) is 6.02. The van der Waals surface area contributed by atoms with Crippen LogP contribution in [0.2, 0.25) is 0 Å². The molecule has 10 heteroatoms. The van der Waals surface area contributed by atoms with Gasteiger partial charge in [0.25, 0.3) is 5.56 Å². The Hall–Kier alpha value is -2.75. The number of fused-ring (bicyclic) bond motifs is 6. The predicted octanol–water partition coefficient (Wildman–Crippen LogP) is 3.33. The lowest BCUT2D eigenvalue weighted by Gasteiger charge is -2.32. The lowest BCUT2D eigenvalue weighted by Crippen LogP contribution is -2.41. The van der Waals surface area contributed by atoms with Crippen molar-refractivity contribution in [3.63, 3.8) is 0 Å². The molecule has 3 atom stereocenters. The molecule has 184 valence electrons. The molecular formula is C25H28ClN5O3S. The second-order valence-corrected chi connectivity index (χ2v) is 10.1. The van der Waals surface area contributed by atoms with Crippen LogP contribution in [0, 0.1) is 5.92 Å². The highest BCUT2D eigenvalue weighted by Gasteiger charge is 2.40. The molecule has 1 saturated heterocycles. The van der Waals surface area contributed by atoms with E-state index in [2.05, 4.69) is 27.4 Å². The normalized spacial score (nSPS) is 21.0. The molecule has 1 fully saturated rings. The fourth-order valence-corrected chi connectivity index (χ4v) is 7.08. The zero-order valence-electron chi connectivity index (χ0n) is 19.7. The van der Waals surface area contributed by atoms with E-state index in [1.807, 2.05) is 13.0 Å². The molecule has 0 bridgehead atoms. The van der Waals surface area contributed by atoms with Crippen molar-refractivity contribution in [2.75, 3.05) is 13.7 Å². The number of thiophene rings is 1. The standard InChI is InChI=1S/C25H27N5O3S.ClH/c1-3-29-21-20-23(27-11-10-26-20)34-22(21)24(31)30(25(29)32)12-9-17-19-14(13-28-17)7-8-15-16(19)5-4-6-18(15)33-2;/h4-6,10-11,14,17,19,28H,3,7-9,12-13H2,1-2H3;1H/t14-,17?,19+;/m0./s1. The molecule has 1 aliphatic heterocycles. The maximum atomic E-state index is 13.4. The van der Waals surface area contributed by atoms with Crippen molar-refractivity contribution in [2.24, 2.45) is 5.92 Å². The van der Waals surface area contributed by atoms with Gasteiger partial charge in [-0.25, -0.2) is 14.8 Å². The SMILES string of the molecule is CCn1c(=O)n(CCC2NC[C@@H]3CCc4c(OC)cccc4[C@H]23)c(=O)c2sc3nccnc3c21.Cl. The van der Waals surface area contributed by atoms with Gasteiger partial charge in [-0.3, -0.25) is 13.9 Å². The van der Waals surface area contributed by atoms with Crippen LogP contribution in [0.3, 0.4) is 0 Å². The summed E-state index contributed by atoms with van der Waals surface area (Å²) in [6, 6.07) is 6.53. The van der Waals surface area contributed by atoms with E-state index in [1.165, 1.54) is 27.0 Å². The van der Waals surface area contributed by atoms with Crippen LogP contribution in [0.25, 0.3) is 20.6 Å². The van der Waals surface area contributed by atoms with Crippen molar-refractivity contribution in [2.45, 2.75) is 51.2 Å². The van der Waals surface area contributed by atoms with Crippen LogP contribution < -0.4 is 21.3 Å². The first kappa shape index (κ1) is 24.0. The Morgan fingerprint density at radius 2 is 2.03 bits per heavy atom. The van der Waals surface area contributed by atoms with Gasteiger partial charge < -0.3 is 10.1 Å². The summed E-state index contributed by atoms with van der Waals surface area (Å²) in [5.74, 6) is 1.89. The van der Waals surface area contributed by atoms with Gasteiger partial charge in [-0.05, 0) is 55.8 Å². The minimum absolute atomic E-state index is 0. The van der Waals surface area contributed by atoms with Crippen molar-refractivity contribution < 1.29 is 4.74 Å². The molecule has 6 rings (SSSR count). The number of benzene rings is 1. The van der Waals surface area contributed by atoms with Gasteiger partial charge in [-0.1, -0.05) is 12.1 Å². The zero-order chi connectivity index (χ0) is 23.4. The Morgan fingerprint density at radius 3 is 2.83 bits per heavy atom. The minimum Gasteiger partial charge on any atom is -0.496 e. The second kappa shape index (κ2) is 9.37. The number of aryl methyl sites for hydroxylation is 1. The Morgan fingerprint density at radius 1 is 1.20 bits per heavy atom. The number of methoxy groups -OCH3 is 1. The molecular weight excluding hydrogens is 486 g/mol. The summed E-state index contributed by atoms with van der Waals surface area (Å²) in [5.41, 5.74) is 3.37. The number of hydrogen-bond donors (Lipinski definition) is 1. The van der Waals surface area contributed by atoms with Gasteiger partial charge in [0.2, 0.25) is 0 Å². The predicted molar refractivity (Wildman–Crippen MR) is 140 cm³/mol. The highest BCUT2D eigenvalue weighted by atomic mass is 35.5. The van der Waals surface area contributed by atoms with E-state index in [1.54, 1.807) is 24.1 Å². The van der Waals surface area contributed by atoms with Crippen LogP contribution >= 0.6 is 23.7 Å². The zero-order valence-corrected chi connectivity index (χ0v) is 21.3. The van der Waals surface area contributed by atoms with Crippen LogP contribution in [0.1, 0.15) is 36.8 Å². The lowest BCUT2D eigenvalue weighted by atomic mass is 9.73. The largest absolute Gasteiger partial charge is 0.496 e. The van der Waals surface area contributed by atoms with Crippen LogP contribution in [-0.4, -0.2) is 38.8 Å². The van der Waals surface area contributed by atoms with E-state index < -0.39 is 0 Å². The van der Waals surface area contributed by atoms with Crippen molar-refractivity contribution >= 4 is 44.3 Å². The van der Waals surface area contributed by atoms with Crippen molar-refractivity contribution in [1.29, 1.82) is 0 Å². The molecule has 1 unspecified atom stereocenters. The van der Waals surface area contributed by atoms with E-state index in [0.717, 1.165) is 25.1 Å². The van der Waals surface area contributed by atoms with Crippen molar-refractivity contribution in [3.8, 4) is 5.75 Å². The summed E-state index contributed by atoms with van der Waals surface area (Å²) in [5, 5.41) is 3.69. The van der Waals surface area contributed by atoms with Crippen molar-refractivity contribution in [3.05, 3.63) is 62.6 Å². The third kappa shape index (κ3) is 3.68. The number of nitrogens with one attached hydrogen (secondary N) is 1. The molecule has 2 aliphatic rings. The molecule has 0 saturated carbocycles. The van der Waals surface area contributed by atoms with E-state index in [9.17, 15) is 9.59 Å². The molecule has 1 N–H and O–H groups in total. The van der Waals surface area contributed by atoms with Gasteiger partial charge in [-0.2, -0.15) is 0 Å². The molecule has 0 radical (unpaired) electrons. The van der Waals surface area contributed by atoms with Gasteiger partial charge in [0.15, 0.2) is 0 Å². The molecule has 1 aromatic carbocycles. The summed E-state index contributed by atoms with van der Waals surface area (Å²) in [6.45, 7) is 3.73. The number of aromatic nitrogens is 4. The fraction of sp³-hybridized carbons (Fsp3) is 0.440. The maximum absolute atomic E-state index is 13.4. The monoisotopic (exact) mass is 513 g/mol. The van der Waals surface area contributed by atoms with Gasteiger partial charge in [0.05, 0.1) is 12.6 Å². The van der Waals surface area contributed by atoms with E-state index in [0.29, 0.717) is 51.9 Å². The smallest absolute Gasteiger partial charge is 0.331 e. The number of halogens is 1. The van der Waals surface area contributed by atoms with E-state index in [4.69, 9.17) is 4.74 Å². The first-order valence-electron chi connectivity index (χ1n) is 11.9. The molecule has 1 aliphatic carbocycles. The topological polar surface area (TPSA) is 91.0 Å². The lowest BCUT2D eigenvalue weighted by molar-refractivity contribution is 0.370. The van der Waals surface area contributed by atoms with E-state index >= 15 is 0 Å². The van der Waals surface area contributed by atoms with Crippen LogP contribution in [0.15, 0.2) is 40.2 Å². The van der Waals surface area contributed by atoms with Crippen LogP contribution in [0.4, 0.5) is 0 Å². The molecule has 35 heavy (non-hydrogen) atoms. The minimum atomic E-state index is -0.273. The Bertz CT molecular complexity index is 1530. The average molecular weight is 514 g/mol. The molecule has 0 amide bonds. The van der Waals surface area contributed by atoms with Gasteiger partial charge in [0, 0.05) is 37.4 Å². The first-order chi connectivity index (χ1) is 16.6. The highest BCUT2D eigenvalue weighted by molar-refractivity contribution is 7.25. The number of nitrogens with zero attached hydrogens (tertiary/aromatic N) is 4. The van der Waals surface area contributed by atoms with Gasteiger partial charge in [0.1, 0.15) is 20.8 Å². The van der Waals surface area contributed by atoms with Crippen LogP contribution in [0.5, 0.6) is 5.75 Å². The van der Waals surface area contributed by atoms with E-state index in [-0.39, 0.29) is 29.7 Å². The quantitative estimate of drug-likeness (QED) is 0.440. The van der Waals surface area contributed by atoms with Gasteiger partial charge in [-0.15, -0.1) is 23.7 Å². The third-order valence-electron chi connectivity index (χ3n) is 7.55. The van der Waals surface area contributed by atoms with Gasteiger partial charge >= 0.3 is 5.69 Å². The molecule has 4 aromatic rings. The average Bonchev–Trinajstić information content (AvgIpc) is 3.46. The maximum Gasteiger partial charge on any atom is 0.331 e. The van der Waals surface area contributed by atoms with Crippen LogP contribution in [-0.2, 0) is 19.5 Å². The second-order valence-electron chi connectivity index (χ2n) is 9.13. The molecule has 3 aromatic heterocycles. The summed E-state index contributed by atoms with van der Waals surface area (Å²) in [4.78, 5) is 36.3. The van der Waals surface area contributed by atoms with Crippen molar-refractivity contribution in [1.82, 2.24) is 24.4 Å². The Labute approximate surface area is 212 Å². The number of ether oxygens (including phenoxy) is 1. The summed E-state index contributed by atoms with van der Waals surface area (Å²) in [6.07, 6.45) is 6.08. The summed E-state index contributed by atoms with van der Waals surface area (Å²) >= 11 is 1.32. The first-order valence-corrected chi connectivity index (χ1v) is 12.7. The molecule has 4 heterocycles. The molecule has 8 nitrogen and oxygen atoms in total. The Kier molecular flexibility index (Phi) is 6.41. The highest BCUT2D eigenvalue weighted by Crippen LogP contribution is 2.45. The third-order valence-corrected chi connectivity index (χ3v) is 8.62. The number of hydrogen-bond acceptors (Lipinski definition) is 7. The Balaban J connectivity index is 0.00000253.